The number of aromatic nitrogens is 1. The fourth-order valence-electron chi connectivity index (χ4n) is 3.67. The number of aliphatic hydroxyl groups excluding tert-OH is 1. The summed E-state index contributed by atoms with van der Waals surface area (Å²) in [4.78, 5) is 4.23. The lowest BCUT2D eigenvalue weighted by molar-refractivity contribution is 0.150. The summed E-state index contributed by atoms with van der Waals surface area (Å²) in [6, 6.07) is 12.8. The van der Waals surface area contributed by atoms with Gasteiger partial charge in [-0.25, -0.2) is 0 Å². The standard InChI is InChI=1S/C21H29NO/c1-4-18-10-6-7-11-20(18)16(3)21(15-23)19(5-2)13-17-9-8-12-22-14-17/h6-12,14,16,19,21,23H,4-5,13,15H2,1-3H3. The molecular weight excluding hydrogens is 282 g/mol. The van der Waals surface area contributed by atoms with Crippen molar-refractivity contribution in [2.45, 2.75) is 46.0 Å². The number of rotatable bonds is 8. The lowest BCUT2D eigenvalue weighted by Gasteiger charge is -2.31. The Kier molecular flexibility index (Phi) is 6.79. The second kappa shape index (κ2) is 8.83. The highest BCUT2D eigenvalue weighted by atomic mass is 16.3. The van der Waals surface area contributed by atoms with Crippen molar-refractivity contribution >= 4 is 0 Å². The second-order valence-electron chi connectivity index (χ2n) is 6.42. The Morgan fingerprint density at radius 2 is 1.87 bits per heavy atom. The summed E-state index contributed by atoms with van der Waals surface area (Å²) in [5, 5.41) is 10.1. The zero-order valence-electron chi connectivity index (χ0n) is 14.6. The number of pyridine rings is 1. The third-order valence-corrected chi connectivity index (χ3v) is 5.13. The number of hydrogen-bond acceptors (Lipinski definition) is 2. The lowest BCUT2D eigenvalue weighted by atomic mass is 9.74. The van der Waals surface area contributed by atoms with Gasteiger partial charge in [0.2, 0.25) is 0 Å². The van der Waals surface area contributed by atoms with Gasteiger partial charge in [-0.1, -0.05) is 57.5 Å². The van der Waals surface area contributed by atoms with E-state index in [2.05, 4.69) is 56.1 Å². The summed E-state index contributed by atoms with van der Waals surface area (Å²) in [6.07, 6.45) is 6.85. The van der Waals surface area contributed by atoms with Gasteiger partial charge in [0.1, 0.15) is 0 Å². The van der Waals surface area contributed by atoms with Crippen LogP contribution in [0.4, 0.5) is 0 Å². The highest BCUT2D eigenvalue weighted by Gasteiger charge is 2.27. The molecule has 0 amide bonds. The van der Waals surface area contributed by atoms with E-state index < -0.39 is 0 Å². The van der Waals surface area contributed by atoms with E-state index in [0.717, 1.165) is 19.3 Å². The molecule has 1 aromatic heterocycles. The minimum Gasteiger partial charge on any atom is -0.396 e. The van der Waals surface area contributed by atoms with Crippen LogP contribution in [0.3, 0.4) is 0 Å². The zero-order chi connectivity index (χ0) is 16.7. The largest absolute Gasteiger partial charge is 0.396 e. The molecule has 0 saturated carbocycles. The Balaban J connectivity index is 2.21. The molecule has 0 spiro atoms. The van der Waals surface area contributed by atoms with Crippen molar-refractivity contribution in [3.05, 3.63) is 65.5 Å². The van der Waals surface area contributed by atoms with E-state index in [1.54, 1.807) is 0 Å². The minimum absolute atomic E-state index is 0.234. The average Bonchev–Trinajstić information content (AvgIpc) is 2.62. The van der Waals surface area contributed by atoms with Crippen molar-refractivity contribution in [1.29, 1.82) is 0 Å². The summed E-state index contributed by atoms with van der Waals surface area (Å²) in [5.74, 6) is 1.09. The summed E-state index contributed by atoms with van der Waals surface area (Å²) in [5.41, 5.74) is 4.04. The van der Waals surface area contributed by atoms with Crippen LogP contribution in [-0.2, 0) is 12.8 Å². The Bertz CT molecular complexity index is 581. The van der Waals surface area contributed by atoms with E-state index in [-0.39, 0.29) is 12.5 Å². The normalized spacial score (nSPS) is 15.1. The van der Waals surface area contributed by atoms with Gasteiger partial charge in [-0.05, 0) is 53.4 Å². The Morgan fingerprint density at radius 1 is 1.09 bits per heavy atom. The molecule has 0 aliphatic heterocycles. The van der Waals surface area contributed by atoms with Crippen LogP contribution >= 0.6 is 0 Å². The van der Waals surface area contributed by atoms with Crippen molar-refractivity contribution in [3.8, 4) is 0 Å². The van der Waals surface area contributed by atoms with Crippen molar-refractivity contribution in [2.75, 3.05) is 6.61 Å². The van der Waals surface area contributed by atoms with Crippen LogP contribution in [0.15, 0.2) is 48.8 Å². The minimum atomic E-state index is 0.234. The van der Waals surface area contributed by atoms with Gasteiger partial charge < -0.3 is 5.11 Å². The molecule has 0 fully saturated rings. The van der Waals surface area contributed by atoms with Gasteiger partial charge in [0, 0.05) is 19.0 Å². The molecule has 1 aromatic carbocycles. The molecule has 1 heterocycles. The summed E-state index contributed by atoms with van der Waals surface area (Å²) < 4.78 is 0. The van der Waals surface area contributed by atoms with Crippen molar-refractivity contribution in [1.82, 2.24) is 4.98 Å². The number of hydrogen-bond donors (Lipinski definition) is 1. The fourth-order valence-corrected chi connectivity index (χ4v) is 3.67. The van der Waals surface area contributed by atoms with Gasteiger partial charge in [0.15, 0.2) is 0 Å². The third-order valence-electron chi connectivity index (χ3n) is 5.13. The first-order valence-electron chi connectivity index (χ1n) is 8.78. The molecule has 2 nitrogen and oxygen atoms in total. The average molecular weight is 311 g/mol. The fraction of sp³-hybridized carbons (Fsp3) is 0.476. The number of aryl methyl sites for hydroxylation is 1. The Morgan fingerprint density at radius 3 is 2.48 bits per heavy atom. The van der Waals surface area contributed by atoms with Crippen LogP contribution < -0.4 is 0 Å². The SMILES string of the molecule is CCc1ccccc1C(C)C(CO)C(CC)Cc1cccnc1. The molecule has 2 aromatic rings. The van der Waals surface area contributed by atoms with E-state index in [0.29, 0.717) is 11.8 Å². The van der Waals surface area contributed by atoms with E-state index in [1.165, 1.54) is 16.7 Å². The summed E-state index contributed by atoms with van der Waals surface area (Å²) in [7, 11) is 0. The van der Waals surface area contributed by atoms with Crippen LogP contribution in [0.5, 0.6) is 0 Å². The van der Waals surface area contributed by atoms with Gasteiger partial charge in [-0.15, -0.1) is 0 Å². The molecule has 3 atom stereocenters. The maximum absolute atomic E-state index is 10.1. The van der Waals surface area contributed by atoms with Gasteiger partial charge in [-0.3, -0.25) is 4.98 Å². The molecule has 23 heavy (non-hydrogen) atoms. The first kappa shape index (κ1) is 17.7. The molecule has 0 aliphatic rings. The molecule has 0 bridgehead atoms. The van der Waals surface area contributed by atoms with E-state index in [4.69, 9.17) is 0 Å². The van der Waals surface area contributed by atoms with Gasteiger partial charge in [0.25, 0.3) is 0 Å². The highest BCUT2D eigenvalue weighted by Crippen LogP contribution is 2.35. The quantitative estimate of drug-likeness (QED) is 0.771. The molecule has 124 valence electrons. The lowest BCUT2D eigenvalue weighted by Crippen LogP contribution is -2.26. The second-order valence-corrected chi connectivity index (χ2v) is 6.42. The smallest absolute Gasteiger partial charge is 0.0467 e. The van der Waals surface area contributed by atoms with E-state index >= 15 is 0 Å². The molecular formula is C21H29NO. The topological polar surface area (TPSA) is 33.1 Å². The number of aliphatic hydroxyl groups is 1. The van der Waals surface area contributed by atoms with Crippen molar-refractivity contribution in [2.24, 2.45) is 11.8 Å². The predicted molar refractivity (Wildman–Crippen MR) is 96.5 cm³/mol. The third kappa shape index (κ3) is 4.42. The molecule has 0 aliphatic carbocycles. The maximum Gasteiger partial charge on any atom is 0.0467 e. The first-order chi connectivity index (χ1) is 11.2. The van der Waals surface area contributed by atoms with Gasteiger partial charge in [-0.2, -0.15) is 0 Å². The number of nitrogens with zero attached hydrogens (tertiary/aromatic N) is 1. The highest BCUT2D eigenvalue weighted by molar-refractivity contribution is 5.30. The summed E-state index contributed by atoms with van der Waals surface area (Å²) >= 11 is 0. The van der Waals surface area contributed by atoms with E-state index in [9.17, 15) is 5.11 Å². The molecule has 2 heteroatoms. The number of benzene rings is 1. The molecule has 0 radical (unpaired) electrons. The van der Waals surface area contributed by atoms with Gasteiger partial charge >= 0.3 is 0 Å². The molecule has 1 N–H and O–H groups in total. The van der Waals surface area contributed by atoms with E-state index in [1.807, 2.05) is 18.5 Å². The van der Waals surface area contributed by atoms with Crippen molar-refractivity contribution < 1.29 is 5.11 Å². The maximum atomic E-state index is 10.1. The van der Waals surface area contributed by atoms with Crippen LogP contribution in [0.25, 0.3) is 0 Å². The monoisotopic (exact) mass is 311 g/mol. The van der Waals surface area contributed by atoms with Gasteiger partial charge in [0.05, 0.1) is 0 Å². The van der Waals surface area contributed by atoms with Crippen LogP contribution in [0.2, 0.25) is 0 Å². The zero-order valence-corrected chi connectivity index (χ0v) is 14.6. The molecule has 2 rings (SSSR count). The van der Waals surface area contributed by atoms with Crippen molar-refractivity contribution in [3.63, 3.8) is 0 Å². The Hall–Kier alpha value is -1.67. The van der Waals surface area contributed by atoms with Crippen LogP contribution in [0.1, 0.15) is 49.8 Å². The Labute approximate surface area is 140 Å². The first-order valence-corrected chi connectivity index (χ1v) is 8.78. The predicted octanol–water partition coefficient (Wildman–Crippen LogP) is 4.62. The summed E-state index contributed by atoms with van der Waals surface area (Å²) in [6.45, 7) is 6.92. The van der Waals surface area contributed by atoms with Crippen LogP contribution in [0, 0.1) is 11.8 Å². The molecule has 3 unspecified atom stereocenters. The van der Waals surface area contributed by atoms with Crippen LogP contribution in [-0.4, -0.2) is 16.7 Å². The molecule has 0 saturated heterocycles.